The van der Waals surface area contributed by atoms with Gasteiger partial charge in [0.1, 0.15) is 5.82 Å². The van der Waals surface area contributed by atoms with Crippen LogP contribution < -0.4 is 5.56 Å². The quantitative estimate of drug-likeness (QED) is 0.871. The Kier molecular flexibility index (Phi) is 4.02. The van der Waals surface area contributed by atoms with Gasteiger partial charge in [0, 0.05) is 24.3 Å². The molecule has 19 heavy (non-hydrogen) atoms. The fourth-order valence-corrected chi connectivity index (χ4v) is 2.64. The largest absolute Gasteiger partial charge is 0.342 e. The number of likely N-dealkylation sites (tertiary alicyclic amines) is 1. The van der Waals surface area contributed by atoms with E-state index in [1.54, 1.807) is 13.8 Å². The van der Waals surface area contributed by atoms with Crippen molar-refractivity contribution in [3.05, 3.63) is 27.4 Å². The zero-order valence-electron chi connectivity index (χ0n) is 11.8. The molecule has 1 saturated heterocycles. The van der Waals surface area contributed by atoms with Gasteiger partial charge in [-0.05, 0) is 32.6 Å². The lowest BCUT2D eigenvalue weighted by Gasteiger charge is -2.31. The van der Waals surface area contributed by atoms with Gasteiger partial charge in [-0.15, -0.1) is 0 Å². The topological polar surface area (TPSA) is 66.1 Å². The first-order chi connectivity index (χ1) is 8.97. The first-order valence-electron chi connectivity index (χ1n) is 6.81. The van der Waals surface area contributed by atoms with E-state index >= 15 is 0 Å². The number of hydrogen-bond acceptors (Lipinski definition) is 3. The van der Waals surface area contributed by atoms with Crippen LogP contribution in [-0.4, -0.2) is 33.9 Å². The van der Waals surface area contributed by atoms with Crippen LogP contribution in [-0.2, 0) is 11.2 Å². The molecule has 0 aromatic carbocycles. The van der Waals surface area contributed by atoms with Crippen LogP contribution in [0.4, 0.5) is 0 Å². The smallest absolute Gasteiger partial charge is 0.254 e. The van der Waals surface area contributed by atoms with Gasteiger partial charge in [0.05, 0.1) is 6.42 Å². The third-order valence-corrected chi connectivity index (χ3v) is 3.68. The van der Waals surface area contributed by atoms with Crippen molar-refractivity contribution in [2.75, 3.05) is 13.1 Å². The molecule has 2 rings (SSSR count). The molecular formula is C14H21N3O2. The lowest BCUT2D eigenvalue weighted by Crippen LogP contribution is -2.40. The zero-order chi connectivity index (χ0) is 14.0. The highest BCUT2D eigenvalue weighted by molar-refractivity contribution is 5.79. The minimum absolute atomic E-state index is 0.0332. The Morgan fingerprint density at radius 3 is 2.84 bits per heavy atom. The number of nitrogens with one attached hydrogen (secondary N) is 1. The Hall–Kier alpha value is -1.65. The molecule has 0 saturated carbocycles. The van der Waals surface area contributed by atoms with Crippen LogP contribution in [0.25, 0.3) is 0 Å². The Balaban J connectivity index is 2.13. The second-order valence-electron chi connectivity index (χ2n) is 5.48. The van der Waals surface area contributed by atoms with Crippen LogP contribution in [0.3, 0.4) is 0 Å². The fraction of sp³-hybridized carbons (Fsp3) is 0.643. The SMILES string of the molecule is Cc1nc(C)c(CC(=O)N2CCC[C@@H](C)C2)c(=O)[nH]1. The maximum Gasteiger partial charge on any atom is 0.254 e. The third-order valence-electron chi connectivity index (χ3n) is 3.68. The van der Waals surface area contributed by atoms with E-state index < -0.39 is 0 Å². The third kappa shape index (κ3) is 3.22. The van der Waals surface area contributed by atoms with Crippen LogP contribution in [0, 0.1) is 19.8 Å². The van der Waals surface area contributed by atoms with Crippen molar-refractivity contribution in [3.63, 3.8) is 0 Å². The van der Waals surface area contributed by atoms with Crippen LogP contribution >= 0.6 is 0 Å². The van der Waals surface area contributed by atoms with Crippen LogP contribution in [0.1, 0.15) is 36.8 Å². The minimum atomic E-state index is -0.191. The maximum atomic E-state index is 12.2. The number of carbonyl (C=O) groups is 1. The van der Waals surface area contributed by atoms with Gasteiger partial charge in [0.15, 0.2) is 0 Å². The van der Waals surface area contributed by atoms with E-state index in [0.29, 0.717) is 23.0 Å². The van der Waals surface area contributed by atoms with Gasteiger partial charge in [-0.25, -0.2) is 4.98 Å². The standard InChI is InChI=1S/C14H21N3O2/c1-9-5-4-6-17(8-9)13(18)7-12-10(2)15-11(3)16-14(12)19/h9H,4-8H2,1-3H3,(H,15,16,19)/t9-/m1/s1. The Morgan fingerprint density at radius 1 is 1.47 bits per heavy atom. The molecule has 2 heterocycles. The van der Waals surface area contributed by atoms with E-state index in [2.05, 4.69) is 16.9 Å². The molecule has 5 heteroatoms. The number of piperidine rings is 1. The molecule has 1 aliphatic heterocycles. The predicted octanol–water partition coefficient (Wildman–Crippen LogP) is 1.19. The van der Waals surface area contributed by atoms with Crippen LogP contribution in [0.5, 0.6) is 0 Å². The molecule has 0 radical (unpaired) electrons. The number of rotatable bonds is 2. The zero-order valence-corrected chi connectivity index (χ0v) is 11.8. The van der Waals surface area contributed by atoms with E-state index in [0.717, 1.165) is 19.5 Å². The second kappa shape index (κ2) is 5.55. The molecule has 1 aromatic heterocycles. The number of carbonyl (C=O) groups excluding carboxylic acids is 1. The first-order valence-corrected chi connectivity index (χ1v) is 6.81. The number of H-pyrrole nitrogens is 1. The molecule has 1 atom stereocenters. The van der Waals surface area contributed by atoms with E-state index in [1.165, 1.54) is 6.42 Å². The summed E-state index contributed by atoms with van der Waals surface area (Å²) in [6.07, 6.45) is 2.38. The molecular weight excluding hydrogens is 242 g/mol. The Bertz CT molecular complexity index is 536. The highest BCUT2D eigenvalue weighted by atomic mass is 16.2. The normalized spacial score (nSPS) is 19.5. The summed E-state index contributed by atoms with van der Waals surface area (Å²) in [5.74, 6) is 1.17. The molecule has 1 amide bonds. The van der Waals surface area contributed by atoms with E-state index in [1.807, 2.05) is 4.90 Å². The Morgan fingerprint density at radius 2 is 2.21 bits per heavy atom. The van der Waals surface area contributed by atoms with Gasteiger partial charge in [-0.2, -0.15) is 0 Å². The summed E-state index contributed by atoms with van der Waals surface area (Å²) in [5.41, 5.74) is 0.955. The summed E-state index contributed by atoms with van der Waals surface area (Å²) >= 11 is 0. The molecule has 0 bridgehead atoms. The average molecular weight is 263 g/mol. The molecule has 1 aromatic rings. The number of aromatic amines is 1. The number of hydrogen-bond donors (Lipinski definition) is 1. The number of aromatic nitrogens is 2. The maximum absolute atomic E-state index is 12.2. The molecule has 104 valence electrons. The lowest BCUT2D eigenvalue weighted by molar-refractivity contribution is -0.132. The van der Waals surface area contributed by atoms with Gasteiger partial charge >= 0.3 is 0 Å². The van der Waals surface area contributed by atoms with E-state index in [9.17, 15) is 9.59 Å². The summed E-state index contributed by atoms with van der Waals surface area (Å²) in [4.78, 5) is 32.9. The van der Waals surface area contributed by atoms with Crippen molar-refractivity contribution >= 4 is 5.91 Å². The number of amides is 1. The van der Waals surface area contributed by atoms with Crippen molar-refractivity contribution in [3.8, 4) is 0 Å². The molecule has 0 aliphatic carbocycles. The number of aryl methyl sites for hydroxylation is 2. The van der Waals surface area contributed by atoms with Crippen molar-refractivity contribution in [1.82, 2.24) is 14.9 Å². The fourth-order valence-electron chi connectivity index (χ4n) is 2.64. The van der Waals surface area contributed by atoms with Gasteiger partial charge in [0.25, 0.3) is 5.56 Å². The molecule has 0 unspecified atom stereocenters. The van der Waals surface area contributed by atoms with Crippen LogP contribution in [0.2, 0.25) is 0 Å². The van der Waals surface area contributed by atoms with E-state index in [4.69, 9.17) is 0 Å². The summed E-state index contributed by atoms with van der Waals surface area (Å²) < 4.78 is 0. The highest BCUT2D eigenvalue weighted by Gasteiger charge is 2.22. The monoisotopic (exact) mass is 263 g/mol. The summed E-state index contributed by atoms with van der Waals surface area (Å²) in [7, 11) is 0. The summed E-state index contributed by atoms with van der Waals surface area (Å²) in [6, 6.07) is 0. The second-order valence-corrected chi connectivity index (χ2v) is 5.48. The van der Waals surface area contributed by atoms with Crippen molar-refractivity contribution < 1.29 is 4.79 Å². The van der Waals surface area contributed by atoms with Crippen molar-refractivity contribution in [1.29, 1.82) is 0 Å². The summed E-state index contributed by atoms with van der Waals surface area (Å²) in [6.45, 7) is 7.29. The van der Waals surface area contributed by atoms with Gasteiger partial charge in [0.2, 0.25) is 5.91 Å². The van der Waals surface area contributed by atoms with Crippen molar-refractivity contribution in [2.45, 2.75) is 40.0 Å². The first kappa shape index (κ1) is 13.8. The summed E-state index contributed by atoms with van der Waals surface area (Å²) in [5, 5.41) is 0. The van der Waals surface area contributed by atoms with Crippen LogP contribution in [0.15, 0.2) is 4.79 Å². The van der Waals surface area contributed by atoms with Gasteiger partial charge < -0.3 is 9.88 Å². The number of nitrogens with zero attached hydrogens (tertiary/aromatic N) is 2. The Labute approximate surface area is 113 Å². The molecule has 5 nitrogen and oxygen atoms in total. The predicted molar refractivity (Wildman–Crippen MR) is 73.0 cm³/mol. The minimum Gasteiger partial charge on any atom is -0.342 e. The van der Waals surface area contributed by atoms with Gasteiger partial charge in [-0.3, -0.25) is 9.59 Å². The average Bonchev–Trinajstić information content (AvgIpc) is 2.33. The molecule has 1 N–H and O–H groups in total. The van der Waals surface area contributed by atoms with Crippen molar-refractivity contribution in [2.24, 2.45) is 5.92 Å². The molecule has 1 aliphatic rings. The highest BCUT2D eigenvalue weighted by Crippen LogP contribution is 2.16. The molecule has 0 spiro atoms. The lowest BCUT2D eigenvalue weighted by atomic mass is 9.99. The molecule has 1 fully saturated rings. The van der Waals surface area contributed by atoms with Gasteiger partial charge in [-0.1, -0.05) is 6.92 Å². The van der Waals surface area contributed by atoms with E-state index in [-0.39, 0.29) is 17.9 Å².